The molecule has 0 bridgehead atoms. The Morgan fingerprint density at radius 2 is 2.09 bits per heavy atom. The molecule has 0 radical (unpaired) electrons. The van der Waals surface area contributed by atoms with Crippen LogP contribution in [-0.2, 0) is 11.8 Å². The Labute approximate surface area is 134 Å². The molecule has 22 heavy (non-hydrogen) atoms. The van der Waals surface area contributed by atoms with Crippen LogP contribution in [0, 0.1) is 13.8 Å². The number of benzene rings is 1. The van der Waals surface area contributed by atoms with Crippen LogP contribution in [0.25, 0.3) is 0 Å². The summed E-state index contributed by atoms with van der Waals surface area (Å²) in [4.78, 5) is 12.4. The van der Waals surface area contributed by atoms with Crippen molar-refractivity contribution in [1.29, 1.82) is 0 Å². The van der Waals surface area contributed by atoms with Crippen molar-refractivity contribution in [2.45, 2.75) is 31.2 Å². The van der Waals surface area contributed by atoms with Crippen molar-refractivity contribution in [2.75, 3.05) is 12.4 Å². The summed E-state index contributed by atoms with van der Waals surface area (Å²) in [5.74, 6) is 1.36. The van der Waals surface area contributed by atoms with Gasteiger partial charge in [0, 0.05) is 7.05 Å². The quantitative estimate of drug-likeness (QED) is 0.858. The smallest absolute Gasteiger partial charge is 0.237 e. The molecule has 0 aliphatic rings. The van der Waals surface area contributed by atoms with Crippen LogP contribution in [0.3, 0.4) is 0 Å². The number of aryl methyl sites for hydroxylation is 2. The molecule has 0 fully saturated rings. The third kappa shape index (κ3) is 3.59. The molecule has 0 spiro atoms. The van der Waals surface area contributed by atoms with Crippen LogP contribution in [0.1, 0.15) is 18.3 Å². The topological polar surface area (TPSA) is 69.0 Å². The van der Waals surface area contributed by atoms with Gasteiger partial charge in [-0.05, 0) is 38.5 Å². The van der Waals surface area contributed by atoms with Gasteiger partial charge in [0.1, 0.15) is 11.6 Å². The lowest BCUT2D eigenvalue weighted by molar-refractivity contribution is -0.115. The number of amides is 1. The third-order valence-corrected chi connectivity index (χ3v) is 4.45. The molecular weight excluding hydrogens is 300 g/mol. The lowest BCUT2D eigenvalue weighted by Gasteiger charge is -2.14. The molecule has 0 aliphatic carbocycles. The van der Waals surface area contributed by atoms with Crippen LogP contribution in [0.2, 0.25) is 0 Å². The number of anilines is 1. The highest BCUT2D eigenvalue weighted by Crippen LogP contribution is 2.27. The van der Waals surface area contributed by atoms with Crippen molar-refractivity contribution in [3.05, 3.63) is 29.6 Å². The van der Waals surface area contributed by atoms with E-state index < -0.39 is 0 Å². The van der Waals surface area contributed by atoms with Crippen LogP contribution < -0.4 is 10.1 Å². The molecular formula is C15H20N4O2S. The van der Waals surface area contributed by atoms with Gasteiger partial charge >= 0.3 is 0 Å². The van der Waals surface area contributed by atoms with E-state index in [1.54, 1.807) is 7.11 Å². The summed E-state index contributed by atoms with van der Waals surface area (Å²) in [6.45, 7) is 5.68. The first-order chi connectivity index (χ1) is 10.4. The van der Waals surface area contributed by atoms with Gasteiger partial charge in [0.05, 0.1) is 18.0 Å². The predicted molar refractivity (Wildman–Crippen MR) is 87.4 cm³/mol. The maximum absolute atomic E-state index is 12.4. The number of nitrogens with zero attached hydrogens (tertiary/aromatic N) is 3. The van der Waals surface area contributed by atoms with E-state index >= 15 is 0 Å². The predicted octanol–water partition coefficient (Wildman–Crippen LogP) is 2.56. The van der Waals surface area contributed by atoms with Gasteiger partial charge in [0.2, 0.25) is 5.91 Å². The first-order valence-electron chi connectivity index (χ1n) is 6.90. The van der Waals surface area contributed by atoms with Gasteiger partial charge in [-0.2, -0.15) is 0 Å². The van der Waals surface area contributed by atoms with Gasteiger partial charge in [-0.25, -0.2) is 0 Å². The Morgan fingerprint density at radius 1 is 1.36 bits per heavy atom. The molecule has 0 unspecified atom stereocenters. The van der Waals surface area contributed by atoms with E-state index in [1.165, 1.54) is 11.8 Å². The fourth-order valence-electron chi connectivity index (χ4n) is 1.86. The third-order valence-electron chi connectivity index (χ3n) is 3.32. The number of hydrogen-bond acceptors (Lipinski definition) is 5. The van der Waals surface area contributed by atoms with E-state index in [-0.39, 0.29) is 11.2 Å². The Morgan fingerprint density at radius 3 is 2.68 bits per heavy atom. The molecule has 1 amide bonds. The van der Waals surface area contributed by atoms with Crippen molar-refractivity contribution in [2.24, 2.45) is 7.05 Å². The number of hydrogen-bond donors (Lipinski definition) is 1. The fourth-order valence-corrected chi connectivity index (χ4v) is 2.72. The first kappa shape index (κ1) is 16.4. The molecule has 1 N–H and O–H groups in total. The molecule has 0 saturated carbocycles. The second-order valence-electron chi connectivity index (χ2n) is 5.04. The number of aromatic nitrogens is 3. The van der Waals surface area contributed by atoms with Gasteiger partial charge in [-0.15, -0.1) is 10.2 Å². The van der Waals surface area contributed by atoms with Gasteiger partial charge in [0.25, 0.3) is 0 Å². The van der Waals surface area contributed by atoms with Crippen molar-refractivity contribution in [3.63, 3.8) is 0 Å². The van der Waals surface area contributed by atoms with Gasteiger partial charge < -0.3 is 14.6 Å². The van der Waals surface area contributed by atoms with E-state index in [1.807, 2.05) is 50.6 Å². The molecule has 0 aliphatic heterocycles. The number of nitrogens with one attached hydrogen (secondary N) is 1. The molecule has 7 heteroatoms. The second kappa shape index (κ2) is 6.83. The zero-order chi connectivity index (χ0) is 16.3. The highest BCUT2D eigenvalue weighted by atomic mass is 32.2. The molecule has 0 saturated heterocycles. The average Bonchev–Trinajstić information content (AvgIpc) is 2.79. The summed E-state index contributed by atoms with van der Waals surface area (Å²) in [5.41, 5.74) is 1.73. The van der Waals surface area contributed by atoms with Crippen LogP contribution in [-0.4, -0.2) is 33.0 Å². The zero-order valence-electron chi connectivity index (χ0n) is 13.4. The molecule has 2 rings (SSSR count). The Hall–Kier alpha value is -2.02. The molecule has 6 nitrogen and oxygen atoms in total. The van der Waals surface area contributed by atoms with Gasteiger partial charge in [0.15, 0.2) is 5.16 Å². The standard InChI is InChI=1S/C15H20N4O2S/c1-9-6-7-13(21-5)12(8-9)16-14(20)10(2)22-15-18-17-11(3)19(15)4/h6-8,10H,1-5H3,(H,16,20)/t10-/m0/s1. The molecule has 2 aromatic rings. The average molecular weight is 320 g/mol. The summed E-state index contributed by atoms with van der Waals surface area (Å²) in [6.07, 6.45) is 0. The van der Waals surface area contributed by atoms with E-state index in [2.05, 4.69) is 15.5 Å². The number of rotatable bonds is 5. The fraction of sp³-hybridized carbons (Fsp3) is 0.400. The maximum atomic E-state index is 12.4. The van der Waals surface area contributed by atoms with Crippen molar-refractivity contribution < 1.29 is 9.53 Å². The Bertz CT molecular complexity index is 684. The largest absolute Gasteiger partial charge is 0.495 e. The van der Waals surface area contributed by atoms with Gasteiger partial charge in [-0.3, -0.25) is 4.79 Å². The van der Waals surface area contributed by atoms with E-state index in [9.17, 15) is 4.79 Å². The molecule has 1 heterocycles. The second-order valence-corrected chi connectivity index (χ2v) is 6.35. The number of carbonyl (C=O) groups is 1. The summed E-state index contributed by atoms with van der Waals surface area (Å²) < 4.78 is 7.14. The number of thioether (sulfide) groups is 1. The van der Waals surface area contributed by atoms with Crippen molar-refractivity contribution >= 4 is 23.4 Å². The van der Waals surface area contributed by atoms with Crippen LogP contribution in [0.15, 0.2) is 23.4 Å². The summed E-state index contributed by atoms with van der Waals surface area (Å²) >= 11 is 1.37. The van der Waals surface area contributed by atoms with Crippen LogP contribution in [0.5, 0.6) is 5.75 Å². The minimum atomic E-state index is -0.299. The van der Waals surface area contributed by atoms with Crippen LogP contribution in [0.4, 0.5) is 5.69 Å². The molecule has 1 atom stereocenters. The van der Waals surface area contributed by atoms with Gasteiger partial charge in [-0.1, -0.05) is 17.8 Å². The lowest BCUT2D eigenvalue weighted by Crippen LogP contribution is -2.23. The zero-order valence-corrected chi connectivity index (χ0v) is 14.2. The number of carbonyl (C=O) groups excluding carboxylic acids is 1. The monoisotopic (exact) mass is 320 g/mol. The van der Waals surface area contributed by atoms with Crippen molar-refractivity contribution in [3.8, 4) is 5.75 Å². The minimum Gasteiger partial charge on any atom is -0.495 e. The number of ether oxygens (including phenoxy) is 1. The van der Waals surface area contributed by atoms with Crippen molar-refractivity contribution in [1.82, 2.24) is 14.8 Å². The maximum Gasteiger partial charge on any atom is 0.237 e. The minimum absolute atomic E-state index is 0.102. The highest BCUT2D eigenvalue weighted by Gasteiger charge is 2.19. The van der Waals surface area contributed by atoms with Crippen LogP contribution >= 0.6 is 11.8 Å². The van der Waals surface area contributed by atoms with E-state index in [0.717, 1.165) is 16.5 Å². The van der Waals surface area contributed by atoms with E-state index in [0.29, 0.717) is 11.4 Å². The Kier molecular flexibility index (Phi) is 5.07. The first-order valence-corrected chi connectivity index (χ1v) is 7.78. The van der Waals surface area contributed by atoms with E-state index in [4.69, 9.17) is 4.74 Å². The SMILES string of the molecule is COc1ccc(C)cc1NC(=O)[C@H](C)Sc1nnc(C)n1C. The molecule has 118 valence electrons. The summed E-state index contributed by atoms with van der Waals surface area (Å²) in [5, 5.41) is 11.4. The normalized spacial score (nSPS) is 12.0. The highest BCUT2D eigenvalue weighted by molar-refractivity contribution is 8.00. The summed E-state index contributed by atoms with van der Waals surface area (Å²) in [7, 11) is 3.46. The summed E-state index contributed by atoms with van der Waals surface area (Å²) in [6, 6.07) is 5.67. The molecule has 1 aromatic heterocycles. The number of methoxy groups -OCH3 is 1. The Balaban J connectivity index is 2.08. The molecule has 1 aromatic carbocycles. The lowest BCUT2D eigenvalue weighted by atomic mass is 10.2.